The Morgan fingerprint density at radius 1 is 1.19 bits per heavy atom. The van der Waals surface area contributed by atoms with Crippen LogP contribution in [0.5, 0.6) is 0 Å². The van der Waals surface area contributed by atoms with Gasteiger partial charge in [0.1, 0.15) is 16.6 Å². The van der Waals surface area contributed by atoms with Crippen LogP contribution in [-0.4, -0.2) is 22.5 Å². The monoisotopic (exact) mass is 425 g/mol. The Labute approximate surface area is 164 Å². The number of halogens is 1. The maximum atomic E-state index is 10.5. The van der Waals surface area contributed by atoms with Gasteiger partial charge in [-0.2, -0.15) is 0 Å². The van der Waals surface area contributed by atoms with Gasteiger partial charge in [0.05, 0.1) is 17.8 Å². The van der Waals surface area contributed by atoms with Gasteiger partial charge in [-0.1, -0.05) is 40.2 Å². The van der Waals surface area contributed by atoms with Gasteiger partial charge in [-0.3, -0.25) is 5.41 Å². The van der Waals surface area contributed by atoms with Crippen molar-refractivity contribution in [3.8, 4) is 11.3 Å². The van der Waals surface area contributed by atoms with Crippen molar-refractivity contribution in [1.29, 1.82) is 5.41 Å². The highest BCUT2D eigenvalue weighted by molar-refractivity contribution is 9.10. The molecule has 4 nitrogen and oxygen atoms in total. The van der Waals surface area contributed by atoms with Crippen LogP contribution in [0.4, 0.5) is 5.69 Å². The van der Waals surface area contributed by atoms with Crippen molar-refractivity contribution in [2.75, 3.05) is 11.4 Å². The number of nitrogens with zero attached hydrogens (tertiary/aromatic N) is 2. The minimum Gasteiger partial charge on any atom is -0.510 e. The number of aromatic nitrogens is 1. The van der Waals surface area contributed by atoms with Crippen molar-refractivity contribution in [3.05, 3.63) is 74.7 Å². The summed E-state index contributed by atoms with van der Waals surface area (Å²) < 4.78 is 1.02. The van der Waals surface area contributed by atoms with Crippen LogP contribution in [0.15, 0.2) is 64.1 Å². The zero-order chi connectivity index (χ0) is 18.3. The quantitative estimate of drug-likeness (QED) is 0.569. The molecule has 0 amide bonds. The molecule has 3 aromatic rings. The lowest BCUT2D eigenvalue weighted by Crippen LogP contribution is -2.26. The largest absolute Gasteiger partial charge is 0.510 e. The molecular weight excluding hydrogens is 410 g/mol. The van der Waals surface area contributed by atoms with Gasteiger partial charge in [-0.15, -0.1) is 11.3 Å². The molecule has 0 bridgehead atoms. The Hall–Kier alpha value is -2.44. The third kappa shape index (κ3) is 3.06. The number of aliphatic hydroxyl groups excluding tert-OH is 1. The second-order valence-electron chi connectivity index (χ2n) is 6.14. The average Bonchev–Trinajstić information content (AvgIpc) is 3.20. The maximum Gasteiger partial charge on any atom is 0.139 e. The van der Waals surface area contributed by atoms with Crippen LogP contribution >= 0.6 is 27.3 Å². The fourth-order valence-corrected chi connectivity index (χ4v) is 4.12. The van der Waals surface area contributed by atoms with Crippen LogP contribution in [0.2, 0.25) is 0 Å². The zero-order valence-electron chi connectivity index (χ0n) is 14.0. The molecule has 1 aliphatic heterocycles. The van der Waals surface area contributed by atoms with Crippen LogP contribution < -0.4 is 4.90 Å². The normalized spacial score (nSPS) is 14.4. The SMILES string of the molecule is Cc1cccc(N2CC(O)=C(c3nc(-c4ccc(Br)cc4)cs3)C2=N)c1. The molecule has 0 atom stereocenters. The maximum absolute atomic E-state index is 10.5. The van der Waals surface area contributed by atoms with Crippen LogP contribution in [0.25, 0.3) is 16.8 Å². The third-order valence-electron chi connectivity index (χ3n) is 4.27. The second-order valence-corrected chi connectivity index (χ2v) is 7.91. The molecule has 2 N–H and O–H groups in total. The first kappa shape index (κ1) is 17.0. The summed E-state index contributed by atoms with van der Waals surface area (Å²) in [4.78, 5) is 6.46. The molecule has 0 radical (unpaired) electrons. The summed E-state index contributed by atoms with van der Waals surface area (Å²) >= 11 is 4.88. The summed E-state index contributed by atoms with van der Waals surface area (Å²) in [7, 11) is 0. The highest BCUT2D eigenvalue weighted by Gasteiger charge is 2.31. The topological polar surface area (TPSA) is 60.2 Å². The highest BCUT2D eigenvalue weighted by atomic mass is 79.9. The number of aryl methyl sites for hydroxylation is 1. The molecule has 0 saturated heterocycles. The van der Waals surface area contributed by atoms with Gasteiger partial charge < -0.3 is 10.0 Å². The molecule has 6 heteroatoms. The van der Waals surface area contributed by atoms with Gasteiger partial charge in [-0.25, -0.2) is 4.98 Å². The number of aliphatic hydroxyl groups is 1. The fourth-order valence-electron chi connectivity index (χ4n) is 2.96. The van der Waals surface area contributed by atoms with Crippen molar-refractivity contribution < 1.29 is 5.11 Å². The predicted octanol–water partition coefficient (Wildman–Crippen LogP) is 5.65. The third-order valence-corrected chi connectivity index (χ3v) is 5.66. The molecule has 2 aromatic carbocycles. The molecule has 0 spiro atoms. The molecule has 0 unspecified atom stereocenters. The van der Waals surface area contributed by atoms with Crippen LogP contribution in [0, 0.1) is 12.3 Å². The molecule has 26 heavy (non-hydrogen) atoms. The van der Waals surface area contributed by atoms with E-state index in [1.165, 1.54) is 11.3 Å². The lowest BCUT2D eigenvalue weighted by Gasteiger charge is -2.18. The Morgan fingerprint density at radius 2 is 1.96 bits per heavy atom. The van der Waals surface area contributed by atoms with Crippen molar-refractivity contribution in [2.24, 2.45) is 0 Å². The number of nitrogens with one attached hydrogen (secondary N) is 1. The number of hydrogen-bond acceptors (Lipinski definition) is 4. The first-order valence-electron chi connectivity index (χ1n) is 8.10. The lowest BCUT2D eigenvalue weighted by atomic mass is 10.2. The molecule has 1 aliphatic rings. The van der Waals surface area contributed by atoms with Gasteiger partial charge in [0, 0.05) is 21.1 Å². The van der Waals surface area contributed by atoms with Crippen molar-refractivity contribution in [1.82, 2.24) is 4.98 Å². The Balaban J connectivity index is 1.65. The Bertz CT molecular complexity index is 1020. The van der Waals surface area contributed by atoms with Crippen LogP contribution in [0.3, 0.4) is 0 Å². The minimum absolute atomic E-state index is 0.188. The smallest absolute Gasteiger partial charge is 0.139 e. The summed E-state index contributed by atoms with van der Waals surface area (Å²) in [5.74, 6) is 0.470. The lowest BCUT2D eigenvalue weighted by molar-refractivity contribution is 0.411. The predicted molar refractivity (Wildman–Crippen MR) is 111 cm³/mol. The van der Waals surface area contributed by atoms with E-state index in [0.29, 0.717) is 17.1 Å². The minimum atomic E-state index is 0.188. The molecule has 1 aromatic heterocycles. The van der Waals surface area contributed by atoms with Gasteiger partial charge in [0.25, 0.3) is 0 Å². The van der Waals surface area contributed by atoms with Gasteiger partial charge in [0.2, 0.25) is 0 Å². The van der Waals surface area contributed by atoms with Crippen molar-refractivity contribution in [2.45, 2.75) is 6.92 Å². The summed E-state index contributed by atoms with van der Waals surface area (Å²) in [6.45, 7) is 2.31. The molecule has 4 rings (SSSR count). The van der Waals surface area contributed by atoms with E-state index in [4.69, 9.17) is 5.41 Å². The van der Waals surface area contributed by atoms with E-state index in [9.17, 15) is 5.11 Å². The number of hydrogen-bond donors (Lipinski definition) is 2. The highest BCUT2D eigenvalue weighted by Crippen LogP contribution is 2.34. The van der Waals surface area contributed by atoms with E-state index in [-0.39, 0.29) is 11.6 Å². The van der Waals surface area contributed by atoms with E-state index in [1.54, 1.807) is 4.90 Å². The standard InChI is InChI=1S/C20H16BrN3OS/c1-12-3-2-4-15(9-12)24-10-17(25)18(19(24)22)20-23-16(11-26-20)13-5-7-14(21)8-6-13/h2-9,11,22,25H,10H2,1H3. The van der Waals surface area contributed by atoms with E-state index < -0.39 is 0 Å². The number of anilines is 1. The van der Waals surface area contributed by atoms with E-state index in [1.807, 2.05) is 60.8 Å². The molecule has 2 heterocycles. The first-order valence-corrected chi connectivity index (χ1v) is 9.77. The molecular formula is C20H16BrN3OS. The molecule has 0 fully saturated rings. The number of benzene rings is 2. The molecule has 0 aliphatic carbocycles. The summed E-state index contributed by atoms with van der Waals surface area (Å²) in [6.07, 6.45) is 0. The average molecular weight is 426 g/mol. The van der Waals surface area contributed by atoms with E-state index in [0.717, 1.165) is 27.0 Å². The van der Waals surface area contributed by atoms with Gasteiger partial charge >= 0.3 is 0 Å². The second kappa shape index (κ2) is 6.70. The van der Waals surface area contributed by atoms with E-state index in [2.05, 4.69) is 20.9 Å². The van der Waals surface area contributed by atoms with Gasteiger partial charge in [-0.05, 0) is 36.8 Å². The number of rotatable bonds is 3. The van der Waals surface area contributed by atoms with E-state index >= 15 is 0 Å². The summed E-state index contributed by atoms with van der Waals surface area (Å²) in [5.41, 5.74) is 4.39. The van der Waals surface area contributed by atoms with Crippen molar-refractivity contribution in [3.63, 3.8) is 0 Å². The first-order chi connectivity index (χ1) is 12.5. The van der Waals surface area contributed by atoms with Crippen LogP contribution in [0.1, 0.15) is 10.6 Å². The molecule has 0 saturated carbocycles. The number of thiazole rings is 1. The molecule has 130 valence electrons. The van der Waals surface area contributed by atoms with Crippen molar-refractivity contribution >= 4 is 44.4 Å². The van der Waals surface area contributed by atoms with Crippen LogP contribution in [-0.2, 0) is 0 Å². The summed E-state index contributed by atoms with van der Waals surface area (Å²) in [5, 5.41) is 21.7. The Morgan fingerprint density at radius 3 is 2.69 bits per heavy atom. The summed E-state index contributed by atoms with van der Waals surface area (Å²) in [6, 6.07) is 15.9. The fraction of sp³-hybridized carbons (Fsp3) is 0.100. The zero-order valence-corrected chi connectivity index (χ0v) is 16.4. The van der Waals surface area contributed by atoms with Gasteiger partial charge in [0.15, 0.2) is 0 Å². The number of amidine groups is 1. The Kier molecular flexibility index (Phi) is 4.38.